The second-order valence-corrected chi connectivity index (χ2v) is 6.52. The van der Waals surface area contributed by atoms with E-state index >= 15 is 0 Å². The molecule has 1 rings (SSSR count). The predicted molar refractivity (Wildman–Crippen MR) is 94.3 cm³/mol. The lowest BCUT2D eigenvalue weighted by Crippen LogP contribution is -2.45. The van der Waals surface area contributed by atoms with E-state index in [-0.39, 0.29) is 11.4 Å². The van der Waals surface area contributed by atoms with Gasteiger partial charge >= 0.3 is 0 Å². The van der Waals surface area contributed by atoms with Crippen molar-refractivity contribution in [1.82, 2.24) is 10.2 Å². The molecule has 0 atom stereocenters. The predicted octanol–water partition coefficient (Wildman–Crippen LogP) is 2.75. The SMILES string of the molecule is CCN(CCNC(C)(C)C)CC(=O)N(CC)c1ccccc1. The van der Waals surface area contributed by atoms with E-state index in [1.165, 1.54) is 0 Å². The lowest BCUT2D eigenvalue weighted by atomic mass is 10.1. The molecule has 22 heavy (non-hydrogen) atoms. The van der Waals surface area contributed by atoms with Crippen LogP contribution in [-0.4, -0.2) is 49.1 Å². The van der Waals surface area contributed by atoms with Gasteiger partial charge in [0.05, 0.1) is 6.54 Å². The molecule has 1 aromatic rings. The van der Waals surface area contributed by atoms with Gasteiger partial charge in [-0.15, -0.1) is 0 Å². The van der Waals surface area contributed by atoms with E-state index in [4.69, 9.17) is 0 Å². The number of carbonyl (C=O) groups excluding carboxylic acids is 1. The average Bonchev–Trinajstić information content (AvgIpc) is 2.46. The van der Waals surface area contributed by atoms with Gasteiger partial charge in [0.2, 0.25) is 5.91 Å². The molecule has 1 amide bonds. The second-order valence-electron chi connectivity index (χ2n) is 6.52. The number of hydrogen-bond donors (Lipinski definition) is 1. The summed E-state index contributed by atoms with van der Waals surface area (Å²) in [6.07, 6.45) is 0. The Morgan fingerprint density at radius 2 is 1.73 bits per heavy atom. The molecule has 0 aliphatic heterocycles. The number of amides is 1. The molecule has 0 aromatic heterocycles. The van der Waals surface area contributed by atoms with Crippen LogP contribution >= 0.6 is 0 Å². The topological polar surface area (TPSA) is 35.6 Å². The lowest BCUT2D eigenvalue weighted by Gasteiger charge is -2.27. The summed E-state index contributed by atoms with van der Waals surface area (Å²) in [5, 5.41) is 3.47. The molecule has 0 saturated heterocycles. The summed E-state index contributed by atoms with van der Waals surface area (Å²) in [4.78, 5) is 16.6. The minimum Gasteiger partial charge on any atom is -0.312 e. The first kappa shape index (κ1) is 18.7. The van der Waals surface area contributed by atoms with Crippen molar-refractivity contribution in [1.29, 1.82) is 0 Å². The molecule has 0 bridgehead atoms. The second kappa shape index (κ2) is 8.91. The molecule has 0 fully saturated rings. The molecule has 4 heteroatoms. The summed E-state index contributed by atoms with van der Waals surface area (Å²) < 4.78 is 0. The number of anilines is 1. The molecular weight excluding hydrogens is 274 g/mol. The maximum absolute atomic E-state index is 12.6. The standard InChI is InChI=1S/C18H31N3O/c1-6-20(14-13-19-18(3,4)5)15-17(22)21(7-2)16-11-9-8-10-12-16/h8-12,19H,6-7,13-15H2,1-5H3. The van der Waals surface area contributed by atoms with Crippen molar-refractivity contribution in [2.45, 2.75) is 40.2 Å². The first-order chi connectivity index (χ1) is 10.4. The molecule has 124 valence electrons. The van der Waals surface area contributed by atoms with Gasteiger partial charge in [-0.1, -0.05) is 25.1 Å². The van der Waals surface area contributed by atoms with Crippen molar-refractivity contribution in [2.24, 2.45) is 0 Å². The van der Waals surface area contributed by atoms with E-state index in [0.717, 1.165) is 25.3 Å². The largest absolute Gasteiger partial charge is 0.312 e. The smallest absolute Gasteiger partial charge is 0.241 e. The first-order valence-electron chi connectivity index (χ1n) is 8.20. The highest BCUT2D eigenvalue weighted by Crippen LogP contribution is 2.13. The van der Waals surface area contributed by atoms with Crippen LogP contribution in [0.25, 0.3) is 0 Å². The van der Waals surface area contributed by atoms with Gasteiger partial charge in [-0.05, 0) is 46.4 Å². The third-order valence-electron chi connectivity index (χ3n) is 3.57. The third kappa shape index (κ3) is 6.58. The molecule has 0 aliphatic rings. The Labute approximate surface area is 135 Å². The van der Waals surface area contributed by atoms with Crippen LogP contribution in [0.5, 0.6) is 0 Å². The van der Waals surface area contributed by atoms with Crippen molar-refractivity contribution in [3.8, 4) is 0 Å². The van der Waals surface area contributed by atoms with Gasteiger partial charge < -0.3 is 10.2 Å². The van der Waals surface area contributed by atoms with Gasteiger partial charge in [0.1, 0.15) is 0 Å². The number of para-hydroxylation sites is 1. The van der Waals surface area contributed by atoms with Crippen LogP contribution < -0.4 is 10.2 Å². The number of benzene rings is 1. The minimum absolute atomic E-state index is 0.114. The Morgan fingerprint density at radius 3 is 2.23 bits per heavy atom. The minimum atomic E-state index is 0.114. The van der Waals surface area contributed by atoms with Crippen molar-refractivity contribution in [3.63, 3.8) is 0 Å². The van der Waals surface area contributed by atoms with Crippen LogP contribution in [0.4, 0.5) is 5.69 Å². The van der Waals surface area contributed by atoms with Crippen LogP contribution in [0, 0.1) is 0 Å². The normalized spacial score (nSPS) is 11.7. The highest BCUT2D eigenvalue weighted by Gasteiger charge is 2.17. The van der Waals surface area contributed by atoms with Crippen molar-refractivity contribution in [2.75, 3.05) is 37.6 Å². The zero-order valence-electron chi connectivity index (χ0n) is 14.7. The summed E-state index contributed by atoms with van der Waals surface area (Å²) in [5.41, 5.74) is 1.09. The van der Waals surface area contributed by atoms with E-state index in [2.05, 4.69) is 37.9 Å². The molecular formula is C18H31N3O. The molecule has 1 N–H and O–H groups in total. The van der Waals surface area contributed by atoms with Crippen LogP contribution in [-0.2, 0) is 4.79 Å². The molecule has 0 unspecified atom stereocenters. The Hall–Kier alpha value is -1.39. The summed E-state index contributed by atoms with van der Waals surface area (Å²) in [6, 6.07) is 9.88. The lowest BCUT2D eigenvalue weighted by molar-refractivity contribution is -0.119. The van der Waals surface area contributed by atoms with Crippen LogP contribution in [0.3, 0.4) is 0 Å². The number of nitrogens with one attached hydrogen (secondary N) is 1. The van der Waals surface area contributed by atoms with Gasteiger partial charge in [-0.2, -0.15) is 0 Å². The van der Waals surface area contributed by atoms with Gasteiger partial charge in [-0.3, -0.25) is 9.69 Å². The van der Waals surface area contributed by atoms with E-state index in [1.807, 2.05) is 42.2 Å². The molecule has 0 heterocycles. The molecule has 0 aliphatic carbocycles. The van der Waals surface area contributed by atoms with Crippen molar-refractivity contribution in [3.05, 3.63) is 30.3 Å². The monoisotopic (exact) mass is 305 g/mol. The molecule has 0 radical (unpaired) electrons. The summed E-state index contributed by atoms with van der Waals surface area (Å²) in [7, 11) is 0. The van der Waals surface area contributed by atoms with Gasteiger partial charge in [0, 0.05) is 30.9 Å². The number of likely N-dealkylation sites (N-methyl/N-ethyl adjacent to an activating group) is 2. The highest BCUT2D eigenvalue weighted by atomic mass is 16.2. The third-order valence-corrected chi connectivity index (χ3v) is 3.57. The Bertz CT molecular complexity index is 439. The molecule has 1 aromatic carbocycles. The fourth-order valence-corrected chi connectivity index (χ4v) is 2.33. The summed E-state index contributed by atoms with van der Waals surface area (Å²) >= 11 is 0. The zero-order chi connectivity index (χ0) is 16.6. The Kier molecular flexibility index (Phi) is 7.56. The van der Waals surface area contributed by atoms with E-state index in [9.17, 15) is 4.79 Å². The van der Waals surface area contributed by atoms with E-state index < -0.39 is 0 Å². The number of nitrogens with zero attached hydrogens (tertiary/aromatic N) is 2. The van der Waals surface area contributed by atoms with Crippen molar-refractivity contribution >= 4 is 11.6 Å². The number of carbonyl (C=O) groups is 1. The van der Waals surface area contributed by atoms with Crippen LogP contribution in [0.1, 0.15) is 34.6 Å². The quantitative estimate of drug-likeness (QED) is 0.802. The summed E-state index contributed by atoms with van der Waals surface area (Å²) in [5.74, 6) is 0.159. The van der Waals surface area contributed by atoms with Gasteiger partial charge in [0.25, 0.3) is 0 Å². The fraction of sp³-hybridized carbons (Fsp3) is 0.611. The van der Waals surface area contributed by atoms with Gasteiger partial charge in [0.15, 0.2) is 0 Å². The van der Waals surface area contributed by atoms with Crippen molar-refractivity contribution < 1.29 is 4.79 Å². The van der Waals surface area contributed by atoms with Gasteiger partial charge in [-0.25, -0.2) is 0 Å². The maximum Gasteiger partial charge on any atom is 0.241 e. The zero-order valence-corrected chi connectivity index (χ0v) is 14.7. The van der Waals surface area contributed by atoms with E-state index in [1.54, 1.807) is 0 Å². The van der Waals surface area contributed by atoms with E-state index in [0.29, 0.717) is 13.1 Å². The maximum atomic E-state index is 12.6. The van der Waals surface area contributed by atoms with Crippen LogP contribution in [0.15, 0.2) is 30.3 Å². The Balaban J connectivity index is 2.56. The van der Waals surface area contributed by atoms with Crippen LogP contribution in [0.2, 0.25) is 0 Å². The average molecular weight is 305 g/mol. The Morgan fingerprint density at radius 1 is 1.09 bits per heavy atom. The molecule has 4 nitrogen and oxygen atoms in total. The molecule has 0 spiro atoms. The number of hydrogen-bond acceptors (Lipinski definition) is 3. The fourth-order valence-electron chi connectivity index (χ4n) is 2.33. The summed E-state index contributed by atoms with van der Waals surface area (Å²) in [6.45, 7) is 14.4. The highest BCUT2D eigenvalue weighted by molar-refractivity contribution is 5.94. The molecule has 0 saturated carbocycles. The first-order valence-corrected chi connectivity index (χ1v) is 8.20. The number of rotatable bonds is 8.